The fourth-order valence-electron chi connectivity index (χ4n) is 1.94. The molecule has 1 N–H and O–H groups in total. The van der Waals surface area contributed by atoms with Gasteiger partial charge in [0.2, 0.25) is 0 Å². The number of hydrogen-bond donors (Lipinski definition) is 1. The number of allylic oxidation sites excluding steroid dienone is 2. The minimum atomic E-state index is -0.515. The van der Waals surface area contributed by atoms with Gasteiger partial charge in [-0.25, -0.2) is 4.99 Å². The lowest BCUT2D eigenvalue weighted by molar-refractivity contribution is -0.384. The molecule has 2 rings (SSSR count). The van der Waals surface area contributed by atoms with E-state index in [9.17, 15) is 15.4 Å². The Morgan fingerprint density at radius 1 is 0.962 bits per heavy atom. The van der Waals surface area contributed by atoms with E-state index >= 15 is 0 Å². The molecule has 0 amide bonds. The molecule has 0 atom stereocenters. The second kappa shape index (κ2) is 8.39. The maximum absolute atomic E-state index is 10.7. The molecule has 0 heterocycles. The molecule has 0 fully saturated rings. The Kier molecular flexibility index (Phi) is 5.77. The summed E-state index contributed by atoms with van der Waals surface area (Å²) < 4.78 is 0. The molecular weight excluding hydrogens is 332 g/mol. The molecule has 0 aromatic heterocycles. The van der Waals surface area contributed by atoms with Crippen molar-refractivity contribution in [2.45, 2.75) is 0 Å². The van der Waals surface area contributed by atoms with Crippen LogP contribution in [0.2, 0.25) is 0 Å². The normalized spacial score (nSPS) is 9.96. The summed E-state index contributed by atoms with van der Waals surface area (Å²) in [6.07, 6.45) is 0. The van der Waals surface area contributed by atoms with Crippen molar-refractivity contribution < 1.29 is 4.92 Å². The fourth-order valence-corrected chi connectivity index (χ4v) is 1.94. The predicted molar refractivity (Wildman–Crippen MR) is 93.6 cm³/mol. The number of nitrogens with one attached hydrogen (secondary N) is 1. The van der Waals surface area contributed by atoms with Crippen LogP contribution in [0, 0.1) is 44.1 Å². The van der Waals surface area contributed by atoms with Crippen LogP contribution in [-0.4, -0.2) is 10.8 Å². The Bertz CT molecular complexity index is 987. The van der Waals surface area contributed by atoms with E-state index in [1.54, 1.807) is 48.5 Å². The van der Waals surface area contributed by atoms with Crippen LogP contribution in [0.15, 0.2) is 70.9 Å². The van der Waals surface area contributed by atoms with Gasteiger partial charge in [0, 0.05) is 23.4 Å². The van der Waals surface area contributed by atoms with Crippen molar-refractivity contribution in [2.24, 2.45) is 4.99 Å². The molecule has 26 heavy (non-hydrogen) atoms. The largest absolute Gasteiger partial charge is 0.340 e. The number of benzene rings is 2. The monoisotopic (exact) mass is 342 g/mol. The first-order valence-electron chi connectivity index (χ1n) is 7.19. The first-order chi connectivity index (χ1) is 12.6. The maximum Gasteiger partial charge on any atom is 0.269 e. The summed E-state index contributed by atoms with van der Waals surface area (Å²) in [5.41, 5.74) is 0.289. The molecule has 0 aliphatic heterocycles. The van der Waals surface area contributed by atoms with Gasteiger partial charge in [-0.2, -0.15) is 15.8 Å². The fraction of sp³-hybridized carbons (Fsp3) is 0. The zero-order valence-corrected chi connectivity index (χ0v) is 13.2. The Hall–Kier alpha value is -4.48. The van der Waals surface area contributed by atoms with Crippen molar-refractivity contribution >= 4 is 17.2 Å². The highest BCUT2D eigenvalue weighted by atomic mass is 16.6. The van der Waals surface area contributed by atoms with Crippen LogP contribution in [0.3, 0.4) is 0 Å². The molecular formula is C18H10N6O2. The van der Waals surface area contributed by atoms with Crippen molar-refractivity contribution in [3.63, 3.8) is 0 Å². The highest BCUT2D eigenvalue weighted by molar-refractivity contribution is 6.09. The minimum absolute atomic E-state index is 0.0670. The number of rotatable bonds is 4. The number of nitro benzene ring substituents is 1. The topological polar surface area (TPSA) is 139 Å². The van der Waals surface area contributed by atoms with Crippen molar-refractivity contribution in [3.8, 4) is 18.2 Å². The quantitative estimate of drug-likeness (QED) is 0.297. The van der Waals surface area contributed by atoms with E-state index in [0.717, 1.165) is 0 Å². The highest BCUT2D eigenvalue weighted by Crippen LogP contribution is 2.17. The standard InChI is InChI=1S/C18H10N6O2/c19-10-14(11-20)17(12-21)23-18(13-4-2-1-3-5-13)22-15-6-8-16(9-7-15)24(25)26/h1-9H,(H,22,23). The third kappa shape index (κ3) is 4.29. The van der Waals surface area contributed by atoms with Gasteiger partial charge in [0.25, 0.3) is 5.69 Å². The molecule has 0 saturated heterocycles. The number of nitriles is 3. The third-order valence-electron chi connectivity index (χ3n) is 3.18. The van der Waals surface area contributed by atoms with Crippen LogP contribution < -0.4 is 5.32 Å². The van der Waals surface area contributed by atoms with Crippen LogP contribution in [-0.2, 0) is 0 Å². The summed E-state index contributed by atoms with van der Waals surface area (Å²) in [4.78, 5) is 14.3. The lowest BCUT2D eigenvalue weighted by Gasteiger charge is -2.10. The van der Waals surface area contributed by atoms with E-state index in [-0.39, 0.29) is 17.2 Å². The zero-order valence-electron chi connectivity index (χ0n) is 13.2. The van der Waals surface area contributed by atoms with Crippen molar-refractivity contribution in [2.75, 3.05) is 5.32 Å². The van der Waals surface area contributed by atoms with Gasteiger partial charge < -0.3 is 5.32 Å². The molecule has 2 aromatic rings. The van der Waals surface area contributed by atoms with Gasteiger partial charge in [-0.3, -0.25) is 10.1 Å². The second-order valence-corrected chi connectivity index (χ2v) is 4.81. The molecule has 0 spiro atoms. The summed E-state index contributed by atoms with van der Waals surface area (Å²) in [6, 6.07) is 19.4. The van der Waals surface area contributed by atoms with Crippen molar-refractivity contribution in [3.05, 3.63) is 81.5 Å². The van der Waals surface area contributed by atoms with Gasteiger partial charge in [0.05, 0.1) is 4.92 Å². The summed E-state index contributed by atoms with van der Waals surface area (Å²) in [5.74, 6) is 0.221. The van der Waals surface area contributed by atoms with Gasteiger partial charge in [-0.1, -0.05) is 30.3 Å². The first kappa shape index (κ1) is 17.9. The van der Waals surface area contributed by atoms with E-state index in [1.165, 1.54) is 24.3 Å². The summed E-state index contributed by atoms with van der Waals surface area (Å²) in [6.45, 7) is 0. The van der Waals surface area contributed by atoms with E-state index in [1.807, 2.05) is 0 Å². The number of nitrogens with zero attached hydrogens (tertiary/aromatic N) is 5. The smallest absolute Gasteiger partial charge is 0.269 e. The molecule has 0 bridgehead atoms. The summed E-state index contributed by atoms with van der Waals surface area (Å²) >= 11 is 0. The van der Waals surface area contributed by atoms with Crippen molar-refractivity contribution in [1.82, 2.24) is 0 Å². The Morgan fingerprint density at radius 2 is 1.58 bits per heavy atom. The molecule has 0 saturated carbocycles. The number of aliphatic imine (C=N–C) groups is 1. The second-order valence-electron chi connectivity index (χ2n) is 4.81. The number of hydrogen-bond acceptors (Lipinski definition) is 6. The number of non-ortho nitro benzene ring substituents is 1. The first-order valence-corrected chi connectivity index (χ1v) is 7.19. The summed E-state index contributed by atoms with van der Waals surface area (Å²) in [5, 5.41) is 40.8. The molecule has 2 aromatic carbocycles. The average molecular weight is 342 g/mol. The van der Waals surface area contributed by atoms with Gasteiger partial charge in [0.15, 0.2) is 11.3 Å². The number of nitro groups is 1. The van der Waals surface area contributed by atoms with Gasteiger partial charge in [-0.15, -0.1) is 0 Å². The molecule has 0 aliphatic rings. The third-order valence-corrected chi connectivity index (χ3v) is 3.18. The number of anilines is 1. The maximum atomic E-state index is 10.7. The van der Waals surface area contributed by atoms with Crippen LogP contribution in [0.4, 0.5) is 11.4 Å². The van der Waals surface area contributed by atoms with E-state index in [0.29, 0.717) is 11.3 Å². The molecule has 0 aliphatic carbocycles. The van der Waals surface area contributed by atoms with Crippen molar-refractivity contribution in [1.29, 1.82) is 15.8 Å². The Labute approximate surface area is 148 Å². The number of amidine groups is 1. The summed E-state index contributed by atoms with van der Waals surface area (Å²) in [7, 11) is 0. The van der Waals surface area contributed by atoms with Gasteiger partial charge in [0.1, 0.15) is 24.0 Å². The molecule has 0 unspecified atom stereocenters. The van der Waals surface area contributed by atoms with Crippen LogP contribution >= 0.6 is 0 Å². The van der Waals surface area contributed by atoms with Gasteiger partial charge >= 0.3 is 0 Å². The molecule has 0 radical (unpaired) electrons. The van der Waals surface area contributed by atoms with Crippen LogP contribution in [0.25, 0.3) is 0 Å². The molecule has 124 valence electrons. The van der Waals surface area contributed by atoms with Crippen LogP contribution in [0.5, 0.6) is 0 Å². The minimum Gasteiger partial charge on any atom is -0.340 e. The Morgan fingerprint density at radius 3 is 2.08 bits per heavy atom. The average Bonchev–Trinajstić information content (AvgIpc) is 2.68. The van der Waals surface area contributed by atoms with Crippen LogP contribution in [0.1, 0.15) is 5.56 Å². The highest BCUT2D eigenvalue weighted by Gasteiger charge is 2.11. The molecule has 8 heteroatoms. The lowest BCUT2D eigenvalue weighted by Crippen LogP contribution is -2.14. The Balaban J connectivity index is 2.50. The van der Waals surface area contributed by atoms with E-state index in [4.69, 9.17) is 10.5 Å². The lowest BCUT2D eigenvalue weighted by atomic mass is 10.2. The predicted octanol–water partition coefficient (Wildman–Crippen LogP) is 3.28. The SMILES string of the molecule is N#CC(C#N)=C(C#N)N=C(Nc1ccc([N+](=O)[O-])cc1)c1ccccc1. The van der Waals surface area contributed by atoms with Gasteiger partial charge in [-0.05, 0) is 12.1 Å². The molecule has 8 nitrogen and oxygen atoms in total. The van der Waals surface area contributed by atoms with E-state index in [2.05, 4.69) is 10.3 Å². The zero-order chi connectivity index (χ0) is 18.9. The van der Waals surface area contributed by atoms with E-state index < -0.39 is 10.5 Å².